The Hall–Kier alpha value is -1.08. The molecule has 1 N–H and O–H groups in total. The van der Waals surface area contributed by atoms with Gasteiger partial charge >= 0.3 is 0 Å². The van der Waals surface area contributed by atoms with Crippen molar-refractivity contribution < 1.29 is 0 Å². The molecule has 0 atom stereocenters. The Balaban J connectivity index is 2.01. The van der Waals surface area contributed by atoms with Gasteiger partial charge in [0.1, 0.15) is 0 Å². The monoisotopic (exact) mass is 229 g/mol. The van der Waals surface area contributed by atoms with Crippen LogP contribution in [-0.4, -0.2) is 13.1 Å². The summed E-state index contributed by atoms with van der Waals surface area (Å²) in [7, 11) is 0. The summed E-state index contributed by atoms with van der Waals surface area (Å²) < 4.78 is 0. The van der Waals surface area contributed by atoms with Crippen LogP contribution in [0, 0.1) is 0 Å². The van der Waals surface area contributed by atoms with Crippen LogP contribution in [0.5, 0.6) is 0 Å². The second-order valence-corrected chi connectivity index (χ2v) is 4.88. The fourth-order valence-electron chi connectivity index (χ4n) is 2.08. The highest BCUT2D eigenvalue weighted by atomic mass is 14.8. The fraction of sp³-hybridized carbons (Fsp3) is 0.500. The van der Waals surface area contributed by atoms with E-state index in [4.69, 9.17) is 0 Å². The van der Waals surface area contributed by atoms with Crippen LogP contribution in [0.4, 0.5) is 0 Å². The molecule has 92 valence electrons. The van der Waals surface area contributed by atoms with Crippen molar-refractivity contribution in [3.63, 3.8) is 0 Å². The quantitative estimate of drug-likeness (QED) is 0.778. The van der Waals surface area contributed by atoms with Crippen molar-refractivity contribution >= 4 is 6.08 Å². The number of hydrogen-bond acceptors (Lipinski definition) is 1. The van der Waals surface area contributed by atoms with Gasteiger partial charge in [0, 0.05) is 6.54 Å². The van der Waals surface area contributed by atoms with Crippen LogP contribution >= 0.6 is 0 Å². The van der Waals surface area contributed by atoms with E-state index >= 15 is 0 Å². The van der Waals surface area contributed by atoms with Gasteiger partial charge in [-0.3, -0.25) is 0 Å². The smallest absolute Gasteiger partial charge is 0.0167 e. The molecule has 0 aromatic heterocycles. The summed E-state index contributed by atoms with van der Waals surface area (Å²) in [6.07, 6.45) is 6.21. The first-order valence-electron chi connectivity index (χ1n) is 6.83. The number of benzene rings is 1. The lowest BCUT2D eigenvalue weighted by Gasteiger charge is -2.06. The topological polar surface area (TPSA) is 12.0 Å². The Morgan fingerprint density at radius 1 is 1.24 bits per heavy atom. The van der Waals surface area contributed by atoms with E-state index < -0.39 is 0 Å². The van der Waals surface area contributed by atoms with Crippen LogP contribution in [-0.2, 0) is 0 Å². The summed E-state index contributed by atoms with van der Waals surface area (Å²) >= 11 is 0. The zero-order valence-corrected chi connectivity index (χ0v) is 11.0. The molecule has 0 radical (unpaired) electrons. The van der Waals surface area contributed by atoms with Gasteiger partial charge in [-0.1, -0.05) is 49.8 Å². The molecule has 17 heavy (non-hydrogen) atoms. The molecule has 0 unspecified atom stereocenters. The SMILES string of the molecule is CCNCC(=Cc1ccc(C2CC2)cc1)CC. The molecule has 1 aliphatic carbocycles. The molecule has 1 nitrogen and oxygen atoms in total. The Bertz CT molecular complexity index is 371. The van der Waals surface area contributed by atoms with Crippen molar-refractivity contribution in [1.82, 2.24) is 5.32 Å². The van der Waals surface area contributed by atoms with Crippen LogP contribution in [0.25, 0.3) is 6.08 Å². The summed E-state index contributed by atoms with van der Waals surface area (Å²) in [6.45, 7) is 6.43. The first-order valence-corrected chi connectivity index (χ1v) is 6.83. The average Bonchev–Trinajstić information content (AvgIpc) is 3.19. The van der Waals surface area contributed by atoms with Gasteiger partial charge in [0.25, 0.3) is 0 Å². The second kappa shape index (κ2) is 6.02. The first kappa shape index (κ1) is 12.4. The van der Waals surface area contributed by atoms with Gasteiger partial charge in [-0.05, 0) is 42.9 Å². The third-order valence-corrected chi connectivity index (χ3v) is 3.41. The summed E-state index contributed by atoms with van der Waals surface area (Å²) in [6, 6.07) is 9.11. The van der Waals surface area contributed by atoms with Crippen LogP contribution in [0.2, 0.25) is 0 Å². The summed E-state index contributed by atoms with van der Waals surface area (Å²) in [5.74, 6) is 0.862. The Labute approximate surface area is 105 Å². The standard InChI is InChI=1S/C16H23N/c1-3-13(12-17-4-2)11-14-5-7-15(8-6-14)16-9-10-16/h5-8,11,16-17H,3-4,9-10,12H2,1-2H3. The molecule has 0 heterocycles. The number of likely N-dealkylation sites (N-methyl/N-ethyl adjacent to an activating group) is 1. The maximum Gasteiger partial charge on any atom is 0.0167 e. The van der Waals surface area contributed by atoms with Gasteiger partial charge in [0.15, 0.2) is 0 Å². The maximum atomic E-state index is 3.39. The maximum absolute atomic E-state index is 3.39. The highest BCUT2D eigenvalue weighted by Crippen LogP contribution is 2.39. The van der Waals surface area contributed by atoms with E-state index in [1.165, 1.54) is 29.5 Å². The minimum Gasteiger partial charge on any atom is -0.313 e. The Kier molecular flexibility index (Phi) is 4.38. The van der Waals surface area contributed by atoms with E-state index in [9.17, 15) is 0 Å². The van der Waals surface area contributed by atoms with Crippen LogP contribution in [0.1, 0.15) is 50.2 Å². The van der Waals surface area contributed by atoms with Gasteiger partial charge in [0.05, 0.1) is 0 Å². The molecule has 1 aliphatic rings. The van der Waals surface area contributed by atoms with Crippen molar-refractivity contribution in [2.24, 2.45) is 0 Å². The molecule has 2 rings (SSSR count). The van der Waals surface area contributed by atoms with Crippen LogP contribution in [0.3, 0.4) is 0 Å². The van der Waals surface area contributed by atoms with E-state index in [0.29, 0.717) is 0 Å². The highest BCUT2D eigenvalue weighted by molar-refractivity contribution is 5.54. The van der Waals surface area contributed by atoms with Gasteiger partial charge in [-0.2, -0.15) is 0 Å². The van der Waals surface area contributed by atoms with E-state index in [-0.39, 0.29) is 0 Å². The zero-order valence-electron chi connectivity index (χ0n) is 11.0. The van der Waals surface area contributed by atoms with Crippen molar-refractivity contribution in [2.75, 3.05) is 13.1 Å². The number of rotatable bonds is 6. The lowest BCUT2D eigenvalue weighted by molar-refractivity contribution is 0.762. The number of nitrogens with one attached hydrogen (secondary N) is 1. The van der Waals surface area contributed by atoms with Crippen molar-refractivity contribution in [3.8, 4) is 0 Å². The molecule has 0 spiro atoms. The van der Waals surface area contributed by atoms with Gasteiger partial charge in [0.2, 0.25) is 0 Å². The summed E-state index contributed by atoms with van der Waals surface area (Å²) in [5.41, 5.74) is 4.34. The molecule has 0 saturated heterocycles. The largest absolute Gasteiger partial charge is 0.313 e. The third kappa shape index (κ3) is 3.71. The molecule has 1 heteroatoms. The summed E-state index contributed by atoms with van der Waals surface area (Å²) in [4.78, 5) is 0. The molecule has 1 saturated carbocycles. The predicted octanol–water partition coefficient (Wildman–Crippen LogP) is 3.97. The third-order valence-electron chi connectivity index (χ3n) is 3.41. The van der Waals surface area contributed by atoms with Gasteiger partial charge in [-0.25, -0.2) is 0 Å². The number of hydrogen-bond donors (Lipinski definition) is 1. The molecule has 1 aromatic rings. The van der Waals surface area contributed by atoms with Crippen molar-refractivity contribution in [1.29, 1.82) is 0 Å². The molecular formula is C16H23N. The lowest BCUT2D eigenvalue weighted by Crippen LogP contribution is -2.15. The van der Waals surface area contributed by atoms with Gasteiger partial charge in [-0.15, -0.1) is 0 Å². The fourth-order valence-corrected chi connectivity index (χ4v) is 2.08. The van der Waals surface area contributed by atoms with E-state index in [1.807, 2.05) is 0 Å². The molecule has 1 fully saturated rings. The minimum atomic E-state index is 0.862. The molecule has 0 aliphatic heterocycles. The second-order valence-electron chi connectivity index (χ2n) is 4.88. The van der Waals surface area contributed by atoms with E-state index in [2.05, 4.69) is 49.5 Å². The normalized spacial score (nSPS) is 16.2. The van der Waals surface area contributed by atoms with E-state index in [0.717, 1.165) is 25.4 Å². The van der Waals surface area contributed by atoms with Crippen LogP contribution < -0.4 is 5.32 Å². The lowest BCUT2D eigenvalue weighted by atomic mass is 10.0. The molecule has 0 amide bonds. The molecular weight excluding hydrogens is 206 g/mol. The average molecular weight is 229 g/mol. The van der Waals surface area contributed by atoms with E-state index in [1.54, 1.807) is 0 Å². The predicted molar refractivity (Wildman–Crippen MR) is 75.2 cm³/mol. The van der Waals surface area contributed by atoms with Crippen molar-refractivity contribution in [3.05, 3.63) is 41.0 Å². The summed E-state index contributed by atoms with van der Waals surface area (Å²) in [5, 5.41) is 3.39. The van der Waals surface area contributed by atoms with Crippen molar-refractivity contribution in [2.45, 2.75) is 39.0 Å². The Morgan fingerprint density at radius 3 is 2.47 bits per heavy atom. The molecule has 1 aromatic carbocycles. The minimum absolute atomic E-state index is 0.862. The molecule has 0 bridgehead atoms. The zero-order chi connectivity index (χ0) is 12.1. The first-order chi connectivity index (χ1) is 8.33. The van der Waals surface area contributed by atoms with Gasteiger partial charge < -0.3 is 5.32 Å². The highest BCUT2D eigenvalue weighted by Gasteiger charge is 2.22. The van der Waals surface area contributed by atoms with Crippen LogP contribution in [0.15, 0.2) is 29.8 Å². The Morgan fingerprint density at radius 2 is 1.94 bits per heavy atom.